The zero-order valence-corrected chi connectivity index (χ0v) is 24.9. The van der Waals surface area contributed by atoms with Crippen molar-refractivity contribution >= 4 is 35.3 Å². The fourth-order valence-corrected chi connectivity index (χ4v) is 5.89. The van der Waals surface area contributed by atoms with Gasteiger partial charge in [-0.05, 0) is 57.4 Å². The van der Waals surface area contributed by atoms with Gasteiger partial charge in [0.15, 0.2) is 0 Å². The molecule has 0 radical (unpaired) electrons. The number of hydrogen-bond acceptors (Lipinski definition) is 5. The van der Waals surface area contributed by atoms with Gasteiger partial charge in [-0.15, -0.1) is 0 Å². The van der Waals surface area contributed by atoms with Crippen LogP contribution in [-0.2, 0) is 14.4 Å². The van der Waals surface area contributed by atoms with Crippen LogP contribution in [0, 0.1) is 17.2 Å². The number of likely N-dealkylation sites (N-methyl/N-ethyl adjacent to an activating group) is 1. The predicted octanol–water partition coefficient (Wildman–Crippen LogP) is 4.76. The molecular formula is C30H39F4N5O3. The van der Waals surface area contributed by atoms with E-state index in [0.717, 1.165) is 0 Å². The van der Waals surface area contributed by atoms with Crippen molar-refractivity contribution in [3.63, 3.8) is 0 Å². The van der Waals surface area contributed by atoms with Gasteiger partial charge >= 0.3 is 6.18 Å². The Kier molecular flexibility index (Phi) is 8.87. The van der Waals surface area contributed by atoms with Crippen molar-refractivity contribution in [2.45, 2.75) is 71.6 Å². The van der Waals surface area contributed by atoms with E-state index >= 15 is 4.39 Å². The summed E-state index contributed by atoms with van der Waals surface area (Å²) in [5.41, 5.74) is -0.934. The SMILES string of the molecule is C[C@@H]1CN(c2cc(F)c(C3CCN(C(=O)C(C)(C)C)CC3)cc2NC(=O)C2C=NC(=O)C=C2C(F)(F)F)C[C@H](C)N1C. The van der Waals surface area contributed by atoms with Gasteiger partial charge in [-0.3, -0.25) is 19.3 Å². The number of piperazine rings is 1. The normalized spacial score (nSPS) is 24.6. The molecule has 0 aliphatic carbocycles. The van der Waals surface area contributed by atoms with Gasteiger partial charge in [0, 0.05) is 56.0 Å². The highest BCUT2D eigenvalue weighted by molar-refractivity contribution is 6.11. The van der Waals surface area contributed by atoms with Crippen LogP contribution in [0.15, 0.2) is 28.8 Å². The molecule has 3 heterocycles. The van der Waals surface area contributed by atoms with E-state index in [2.05, 4.69) is 15.2 Å². The van der Waals surface area contributed by atoms with Gasteiger partial charge in [0.25, 0.3) is 5.91 Å². The molecule has 3 aliphatic rings. The predicted molar refractivity (Wildman–Crippen MR) is 153 cm³/mol. The zero-order valence-electron chi connectivity index (χ0n) is 24.9. The van der Waals surface area contributed by atoms with E-state index in [9.17, 15) is 27.6 Å². The van der Waals surface area contributed by atoms with Crippen molar-refractivity contribution in [3.8, 4) is 0 Å². The van der Waals surface area contributed by atoms with Crippen molar-refractivity contribution in [1.29, 1.82) is 0 Å². The summed E-state index contributed by atoms with van der Waals surface area (Å²) in [5, 5.41) is 2.62. The molecule has 1 aromatic rings. The van der Waals surface area contributed by atoms with Crippen LogP contribution in [0.5, 0.6) is 0 Å². The Balaban J connectivity index is 1.67. The Morgan fingerprint density at radius 3 is 2.17 bits per heavy atom. The molecule has 3 atom stereocenters. The van der Waals surface area contributed by atoms with Gasteiger partial charge in [0.05, 0.1) is 16.9 Å². The van der Waals surface area contributed by atoms with E-state index in [-0.39, 0.29) is 29.6 Å². The van der Waals surface area contributed by atoms with Crippen LogP contribution in [0.4, 0.5) is 28.9 Å². The lowest BCUT2D eigenvalue weighted by atomic mass is 9.86. The quantitative estimate of drug-likeness (QED) is 0.509. The first-order valence-corrected chi connectivity index (χ1v) is 14.2. The maximum atomic E-state index is 15.8. The zero-order chi connectivity index (χ0) is 31.1. The molecule has 4 rings (SSSR count). The largest absolute Gasteiger partial charge is 0.414 e. The Labute approximate surface area is 243 Å². The number of carbonyl (C=O) groups excluding carboxylic acids is 3. The maximum absolute atomic E-state index is 15.8. The molecular weight excluding hydrogens is 554 g/mol. The van der Waals surface area contributed by atoms with E-state index in [1.165, 1.54) is 12.1 Å². The molecule has 2 fully saturated rings. The Morgan fingerprint density at radius 2 is 1.62 bits per heavy atom. The fraction of sp³-hybridized carbons (Fsp3) is 0.600. The van der Waals surface area contributed by atoms with E-state index < -0.39 is 40.7 Å². The molecule has 0 saturated carbocycles. The van der Waals surface area contributed by atoms with Gasteiger partial charge < -0.3 is 15.1 Å². The van der Waals surface area contributed by atoms with Crippen LogP contribution in [0.3, 0.4) is 0 Å². The molecule has 1 N–H and O–H groups in total. The number of nitrogens with zero attached hydrogens (tertiary/aromatic N) is 4. The fourth-order valence-electron chi connectivity index (χ4n) is 5.89. The summed E-state index contributed by atoms with van der Waals surface area (Å²) in [7, 11) is 1.99. The highest BCUT2D eigenvalue weighted by Gasteiger charge is 2.43. The summed E-state index contributed by atoms with van der Waals surface area (Å²) in [4.78, 5) is 46.9. The molecule has 2 saturated heterocycles. The minimum atomic E-state index is -4.92. The van der Waals surface area contributed by atoms with Gasteiger partial charge in [-0.25, -0.2) is 9.38 Å². The van der Waals surface area contributed by atoms with Crippen LogP contribution < -0.4 is 10.2 Å². The number of amides is 3. The van der Waals surface area contributed by atoms with Crippen LogP contribution in [-0.4, -0.2) is 85.2 Å². The van der Waals surface area contributed by atoms with Crippen LogP contribution in [0.1, 0.15) is 58.9 Å². The van der Waals surface area contributed by atoms with E-state index in [0.29, 0.717) is 62.6 Å². The summed E-state index contributed by atoms with van der Waals surface area (Å²) in [6.07, 6.45) is -2.87. The van der Waals surface area contributed by atoms with Crippen LogP contribution >= 0.6 is 0 Å². The number of nitrogens with one attached hydrogen (secondary N) is 1. The molecule has 0 spiro atoms. The highest BCUT2D eigenvalue weighted by atomic mass is 19.4. The molecule has 1 aromatic carbocycles. The molecule has 8 nitrogen and oxygen atoms in total. The smallest absolute Gasteiger partial charge is 0.367 e. The number of hydrogen-bond donors (Lipinski definition) is 1. The number of dihydropyridines is 1. The van der Waals surface area contributed by atoms with Gasteiger partial charge in [-0.1, -0.05) is 20.8 Å². The Hall–Kier alpha value is -3.28. The number of anilines is 2. The minimum Gasteiger partial charge on any atom is -0.367 e. The number of benzene rings is 1. The van der Waals surface area contributed by atoms with E-state index in [4.69, 9.17) is 0 Å². The van der Waals surface area contributed by atoms with Crippen molar-refractivity contribution in [2.75, 3.05) is 43.4 Å². The van der Waals surface area contributed by atoms with Crippen molar-refractivity contribution < 1.29 is 31.9 Å². The van der Waals surface area contributed by atoms with Crippen molar-refractivity contribution in [1.82, 2.24) is 9.80 Å². The second-order valence-corrected chi connectivity index (χ2v) is 12.7. The average Bonchev–Trinajstić information content (AvgIpc) is 2.90. The first-order valence-electron chi connectivity index (χ1n) is 14.2. The van der Waals surface area contributed by atoms with Gasteiger partial charge in [-0.2, -0.15) is 13.2 Å². The van der Waals surface area contributed by atoms with E-state index in [1.54, 1.807) is 4.90 Å². The first-order chi connectivity index (χ1) is 19.5. The van der Waals surface area contributed by atoms with Gasteiger partial charge in [0.2, 0.25) is 11.8 Å². The summed E-state index contributed by atoms with van der Waals surface area (Å²) >= 11 is 0. The third kappa shape index (κ3) is 6.68. The molecule has 0 aromatic heterocycles. The average molecular weight is 594 g/mol. The Morgan fingerprint density at radius 1 is 1.02 bits per heavy atom. The summed E-state index contributed by atoms with van der Waals surface area (Å²) in [6, 6.07) is 3.06. The number of alkyl halides is 3. The number of halogens is 4. The molecule has 3 amide bonds. The standard InChI is InChI=1S/C30H39F4N5O3/c1-17-15-39(16-18(2)37(17)6)25-13-23(31)20(19-7-9-38(10-8-19)28(42)29(3,4)5)11-24(25)36-27(41)21-14-35-26(40)12-22(21)30(32,33)34/h11-14,17-19,21H,7-10,15-16H2,1-6H3,(H,36,41)/t17-,18+,21?. The lowest BCUT2D eigenvalue weighted by molar-refractivity contribution is -0.140. The number of likely N-dealkylation sites (tertiary alicyclic amines) is 1. The summed E-state index contributed by atoms with van der Waals surface area (Å²) in [5.74, 6) is -4.64. The third-order valence-corrected chi connectivity index (χ3v) is 8.51. The first kappa shape index (κ1) is 31.7. The number of aliphatic imine (C=N–C) groups is 1. The molecule has 1 unspecified atom stereocenters. The van der Waals surface area contributed by atoms with Crippen molar-refractivity contribution in [3.05, 3.63) is 35.2 Å². The number of carbonyl (C=O) groups is 3. The minimum absolute atomic E-state index is 0.0178. The lowest BCUT2D eigenvalue weighted by Crippen LogP contribution is -2.55. The summed E-state index contributed by atoms with van der Waals surface area (Å²) in [6.45, 7) is 11.5. The molecule has 12 heteroatoms. The number of rotatable bonds is 4. The third-order valence-electron chi connectivity index (χ3n) is 8.51. The summed E-state index contributed by atoms with van der Waals surface area (Å²) < 4.78 is 57.0. The van der Waals surface area contributed by atoms with E-state index in [1.807, 2.05) is 46.6 Å². The maximum Gasteiger partial charge on any atom is 0.414 e. The molecule has 0 bridgehead atoms. The topological polar surface area (TPSA) is 85.3 Å². The highest BCUT2D eigenvalue weighted by Crippen LogP contribution is 2.39. The molecule has 42 heavy (non-hydrogen) atoms. The second-order valence-electron chi connectivity index (χ2n) is 12.7. The lowest BCUT2D eigenvalue weighted by Gasteiger charge is -2.44. The van der Waals surface area contributed by atoms with Crippen LogP contribution in [0.2, 0.25) is 0 Å². The molecule has 3 aliphatic heterocycles. The second kappa shape index (κ2) is 11.8. The monoisotopic (exact) mass is 593 g/mol. The Bertz CT molecular complexity index is 1280. The molecule has 230 valence electrons. The van der Waals surface area contributed by atoms with Crippen LogP contribution in [0.25, 0.3) is 0 Å². The number of piperidine rings is 1. The van der Waals surface area contributed by atoms with Gasteiger partial charge in [0.1, 0.15) is 11.7 Å². The van der Waals surface area contributed by atoms with Crippen molar-refractivity contribution in [2.24, 2.45) is 16.3 Å².